The van der Waals surface area contributed by atoms with Gasteiger partial charge < -0.3 is 19.6 Å². The number of morpholine rings is 1. The summed E-state index contributed by atoms with van der Waals surface area (Å²) in [5, 5.41) is 9.65. The molecule has 3 rings (SSSR count). The van der Waals surface area contributed by atoms with Crippen molar-refractivity contribution in [3.63, 3.8) is 0 Å². The first kappa shape index (κ1) is 18.7. The van der Waals surface area contributed by atoms with Crippen LogP contribution < -0.4 is 0 Å². The zero-order chi connectivity index (χ0) is 18.7. The Balaban J connectivity index is 1.64. The maximum atomic E-state index is 12.8. The number of likely N-dealkylation sites (tertiary alicyclic amines) is 1. The first-order valence-electron chi connectivity index (χ1n) is 8.63. The molecule has 2 amide bonds. The van der Waals surface area contributed by atoms with Crippen molar-refractivity contribution in [3.8, 4) is 0 Å². The summed E-state index contributed by atoms with van der Waals surface area (Å²) in [5.74, 6) is -1.60. The number of hydrogen-bond donors (Lipinski definition) is 1. The van der Waals surface area contributed by atoms with E-state index >= 15 is 0 Å². The van der Waals surface area contributed by atoms with E-state index in [1.807, 2.05) is 0 Å². The van der Waals surface area contributed by atoms with Crippen molar-refractivity contribution in [2.45, 2.75) is 18.9 Å². The van der Waals surface area contributed by atoms with Gasteiger partial charge in [-0.05, 0) is 37.1 Å². The van der Waals surface area contributed by atoms with Gasteiger partial charge in [-0.3, -0.25) is 9.59 Å². The number of carbonyl (C=O) groups is 3. The van der Waals surface area contributed by atoms with Crippen LogP contribution >= 0.6 is 11.6 Å². The van der Waals surface area contributed by atoms with E-state index in [1.54, 1.807) is 34.1 Å². The number of nitrogens with zero attached hydrogens (tertiary/aromatic N) is 2. The van der Waals surface area contributed by atoms with E-state index in [0.717, 1.165) is 6.42 Å². The Morgan fingerprint density at radius 2 is 1.81 bits per heavy atom. The van der Waals surface area contributed by atoms with Crippen LogP contribution in [0.25, 0.3) is 0 Å². The summed E-state index contributed by atoms with van der Waals surface area (Å²) in [7, 11) is 0. The van der Waals surface area contributed by atoms with Crippen LogP contribution in [0.1, 0.15) is 23.2 Å². The molecular formula is C18H21ClN2O5. The molecule has 26 heavy (non-hydrogen) atoms. The van der Waals surface area contributed by atoms with E-state index < -0.39 is 12.1 Å². The summed E-state index contributed by atoms with van der Waals surface area (Å²) in [6.45, 7) is 1.59. The van der Waals surface area contributed by atoms with Crippen molar-refractivity contribution >= 4 is 29.4 Å². The molecule has 8 heteroatoms. The molecule has 2 unspecified atom stereocenters. The molecule has 0 spiro atoms. The number of benzene rings is 1. The number of carboxylic acids is 1. The SMILES string of the molecule is O=C(O)C1CN(C(=O)C2CCCN(C(=O)c3ccc(Cl)cc3)C2)CCO1. The fraction of sp³-hybridized carbons (Fsp3) is 0.500. The number of halogens is 1. The summed E-state index contributed by atoms with van der Waals surface area (Å²) < 4.78 is 5.17. The number of ether oxygens (including phenoxy) is 1. The number of rotatable bonds is 3. The Labute approximate surface area is 156 Å². The monoisotopic (exact) mass is 380 g/mol. The highest BCUT2D eigenvalue weighted by atomic mass is 35.5. The number of aliphatic carboxylic acids is 1. The van der Waals surface area contributed by atoms with Crippen molar-refractivity contribution in [3.05, 3.63) is 34.9 Å². The van der Waals surface area contributed by atoms with Gasteiger partial charge in [0.1, 0.15) is 0 Å². The minimum Gasteiger partial charge on any atom is -0.479 e. The predicted molar refractivity (Wildman–Crippen MR) is 94.0 cm³/mol. The lowest BCUT2D eigenvalue weighted by molar-refractivity contribution is -0.161. The highest BCUT2D eigenvalue weighted by molar-refractivity contribution is 6.30. The lowest BCUT2D eigenvalue weighted by Crippen LogP contribution is -2.53. The molecule has 7 nitrogen and oxygen atoms in total. The average Bonchev–Trinajstić information content (AvgIpc) is 2.67. The zero-order valence-corrected chi connectivity index (χ0v) is 15.0. The Morgan fingerprint density at radius 3 is 2.50 bits per heavy atom. The molecule has 2 saturated heterocycles. The van der Waals surface area contributed by atoms with Crippen molar-refractivity contribution in [1.29, 1.82) is 0 Å². The van der Waals surface area contributed by atoms with E-state index in [-0.39, 0.29) is 30.9 Å². The van der Waals surface area contributed by atoms with E-state index in [2.05, 4.69) is 0 Å². The Bertz CT molecular complexity index is 693. The van der Waals surface area contributed by atoms with Crippen LogP contribution in [0.2, 0.25) is 5.02 Å². The van der Waals surface area contributed by atoms with Crippen LogP contribution in [0.5, 0.6) is 0 Å². The van der Waals surface area contributed by atoms with Gasteiger partial charge in [0, 0.05) is 30.2 Å². The maximum absolute atomic E-state index is 12.8. The molecule has 1 N–H and O–H groups in total. The third kappa shape index (κ3) is 4.16. The van der Waals surface area contributed by atoms with E-state index in [9.17, 15) is 14.4 Å². The topological polar surface area (TPSA) is 87.2 Å². The van der Waals surface area contributed by atoms with Crippen molar-refractivity contribution in [2.75, 3.05) is 32.8 Å². The molecule has 2 atom stereocenters. The number of amides is 2. The fourth-order valence-corrected chi connectivity index (χ4v) is 3.52. The lowest BCUT2D eigenvalue weighted by atomic mass is 9.95. The van der Waals surface area contributed by atoms with Crippen LogP contribution in [0.4, 0.5) is 0 Å². The largest absolute Gasteiger partial charge is 0.479 e. The number of carboxylic acid groups (broad SMARTS) is 1. The third-order valence-corrected chi connectivity index (χ3v) is 5.05. The number of piperidine rings is 1. The third-order valence-electron chi connectivity index (χ3n) is 4.80. The second-order valence-corrected chi connectivity index (χ2v) is 7.02. The smallest absolute Gasteiger partial charge is 0.334 e. The van der Waals surface area contributed by atoms with E-state index in [0.29, 0.717) is 36.6 Å². The molecular weight excluding hydrogens is 360 g/mol. The summed E-state index contributed by atoms with van der Waals surface area (Å²) in [6.07, 6.45) is 0.448. The van der Waals surface area contributed by atoms with Gasteiger partial charge in [0.25, 0.3) is 5.91 Å². The average molecular weight is 381 g/mol. The van der Waals surface area contributed by atoms with Gasteiger partial charge in [-0.25, -0.2) is 4.79 Å². The van der Waals surface area contributed by atoms with Crippen LogP contribution in [0.15, 0.2) is 24.3 Å². The second-order valence-electron chi connectivity index (χ2n) is 6.58. The summed E-state index contributed by atoms with van der Waals surface area (Å²) in [5.41, 5.74) is 0.541. The number of carbonyl (C=O) groups excluding carboxylic acids is 2. The molecule has 1 aromatic rings. The molecule has 1 aromatic carbocycles. The fourth-order valence-electron chi connectivity index (χ4n) is 3.40. The lowest BCUT2D eigenvalue weighted by Gasteiger charge is -2.37. The molecule has 2 aliphatic heterocycles. The predicted octanol–water partition coefficient (Wildman–Crippen LogP) is 1.50. The van der Waals surface area contributed by atoms with E-state index in [4.69, 9.17) is 21.4 Å². The van der Waals surface area contributed by atoms with Crippen molar-refractivity contribution < 1.29 is 24.2 Å². The molecule has 0 aliphatic carbocycles. The zero-order valence-electron chi connectivity index (χ0n) is 14.3. The first-order chi connectivity index (χ1) is 12.5. The first-order valence-corrected chi connectivity index (χ1v) is 9.01. The van der Waals surface area contributed by atoms with Gasteiger partial charge in [0.05, 0.1) is 19.1 Å². The summed E-state index contributed by atoms with van der Waals surface area (Å²) >= 11 is 5.86. The van der Waals surface area contributed by atoms with Gasteiger partial charge in [-0.2, -0.15) is 0 Å². The number of hydrogen-bond acceptors (Lipinski definition) is 4. The van der Waals surface area contributed by atoms with Crippen LogP contribution in [0, 0.1) is 5.92 Å². The minimum atomic E-state index is -1.06. The van der Waals surface area contributed by atoms with Crippen LogP contribution in [-0.2, 0) is 14.3 Å². The molecule has 140 valence electrons. The van der Waals surface area contributed by atoms with Crippen LogP contribution in [-0.4, -0.2) is 71.6 Å². The maximum Gasteiger partial charge on any atom is 0.334 e. The Kier molecular flexibility index (Phi) is 5.78. The Morgan fingerprint density at radius 1 is 1.08 bits per heavy atom. The van der Waals surface area contributed by atoms with Gasteiger partial charge in [0.15, 0.2) is 6.10 Å². The molecule has 2 heterocycles. The van der Waals surface area contributed by atoms with Gasteiger partial charge in [-0.1, -0.05) is 11.6 Å². The standard InChI is InChI=1S/C18H21ClN2O5/c19-14-5-3-12(4-6-14)16(22)20-7-1-2-13(10-20)17(23)21-8-9-26-15(11-21)18(24)25/h3-6,13,15H,1-2,7-11H2,(H,24,25). The molecule has 0 bridgehead atoms. The quantitative estimate of drug-likeness (QED) is 0.858. The highest BCUT2D eigenvalue weighted by Gasteiger charge is 2.35. The molecule has 0 aromatic heterocycles. The highest BCUT2D eigenvalue weighted by Crippen LogP contribution is 2.22. The van der Waals surface area contributed by atoms with Crippen LogP contribution in [0.3, 0.4) is 0 Å². The summed E-state index contributed by atoms with van der Waals surface area (Å²) in [4.78, 5) is 39.8. The minimum absolute atomic E-state index is 0.0514. The van der Waals surface area contributed by atoms with Gasteiger partial charge >= 0.3 is 5.97 Å². The Hall–Kier alpha value is -2.12. The van der Waals surface area contributed by atoms with Gasteiger partial charge in [0.2, 0.25) is 5.91 Å². The van der Waals surface area contributed by atoms with Crippen molar-refractivity contribution in [2.24, 2.45) is 5.92 Å². The van der Waals surface area contributed by atoms with Crippen molar-refractivity contribution in [1.82, 2.24) is 9.80 Å². The molecule has 0 saturated carbocycles. The van der Waals surface area contributed by atoms with E-state index in [1.165, 1.54) is 0 Å². The molecule has 2 aliphatic rings. The summed E-state index contributed by atoms with van der Waals surface area (Å²) in [6, 6.07) is 6.69. The molecule has 0 radical (unpaired) electrons. The second kappa shape index (κ2) is 8.05. The molecule has 2 fully saturated rings. The normalized spacial score (nSPS) is 23.6. The van der Waals surface area contributed by atoms with Gasteiger partial charge in [-0.15, -0.1) is 0 Å².